The third-order valence-electron chi connectivity index (χ3n) is 0.385. The molecule has 0 amide bonds. The number of hydrogen-bond acceptors (Lipinski definition) is 1. The highest BCUT2D eigenvalue weighted by Crippen LogP contribution is 1.91. The second kappa shape index (κ2) is 3.99. The number of carbonyl (C=O) groups is 1. The van der Waals surface area contributed by atoms with E-state index in [2.05, 4.69) is 15.9 Å². The molecule has 0 fully saturated rings. The van der Waals surface area contributed by atoms with Crippen LogP contribution < -0.4 is 0 Å². The van der Waals surface area contributed by atoms with Crippen LogP contribution in [0.25, 0.3) is 0 Å². The summed E-state index contributed by atoms with van der Waals surface area (Å²) in [7, 11) is 0. The molecule has 0 atom stereocenters. The highest BCUT2D eigenvalue weighted by atomic mass is 79.9. The molecule has 0 radical (unpaired) electrons. The van der Waals surface area contributed by atoms with Crippen molar-refractivity contribution in [1.82, 2.24) is 0 Å². The number of alkyl halides is 1. The Morgan fingerprint density at radius 1 is 1.86 bits per heavy atom. The van der Waals surface area contributed by atoms with Crippen molar-refractivity contribution < 1.29 is 9.18 Å². The van der Waals surface area contributed by atoms with Crippen LogP contribution in [0.2, 0.25) is 0 Å². The maximum absolute atomic E-state index is 11.6. The van der Waals surface area contributed by atoms with Gasteiger partial charge in [-0.15, -0.1) is 0 Å². The first-order valence-corrected chi connectivity index (χ1v) is 2.80. The van der Waals surface area contributed by atoms with Crippen LogP contribution >= 0.6 is 15.9 Å². The van der Waals surface area contributed by atoms with Crippen molar-refractivity contribution in [3.05, 3.63) is 11.9 Å². The lowest BCUT2D eigenvalue weighted by Crippen LogP contribution is -1.72. The molecular weight excluding hydrogens is 163 g/mol. The first-order valence-electron chi connectivity index (χ1n) is 1.68. The first kappa shape index (κ1) is 6.82. The van der Waals surface area contributed by atoms with Gasteiger partial charge in [-0.3, -0.25) is 4.79 Å². The highest BCUT2D eigenvalue weighted by molar-refractivity contribution is 9.09. The zero-order valence-corrected chi connectivity index (χ0v) is 5.11. The summed E-state index contributed by atoms with van der Waals surface area (Å²) in [6.07, 6.45) is 1.31. The van der Waals surface area contributed by atoms with E-state index < -0.39 is 5.83 Å². The molecule has 40 valence electrons. The standard InChI is InChI=1S/C4H4BrFO/c5-2-1-4(6)3-7/h1,3H,2H2/b4-1+. The zero-order valence-electron chi connectivity index (χ0n) is 3.53. The van der Waals surface area contributed by atoms with E-state index in [1.54, 1.807) is 0 Å². The van der Waals surface area contributed by atoms with Gasteiger partial charge in [-0.05, 0) is 6.08 Å². The van der Waals surface area contributed by atoms with Gasteiger partial charge in [0.25, 0.3) is 0 Å². The molecule has 3 heteroatoms. The minimum Gasteiger partial charge on any atom is -0.295 e. The SMILES string of the molecule is O=C/C(F)=C\CBr. The molecule has 0 heterocycles. The van der Waals surface area contributed by atoms with Crippen molar-refractivity contribution in [2.45, 2.75) is 0 Å². The van der Waals surface area contributed by atoms with Crippen LogP contribution in [-0.4, -0.2) is 11.6 Å². The van der Waals surface area contributed by atoms with Gasteiger partial charge in [0, 0.05) is 5.33 Å². The van der Waals surface area contributed by atoms with Crippen molar-refractivity contribution in [3.8, 4) is 0 Å². The van der Waals surface area contributed by atoms with Crippen molar-refractivity contribution in [1.29, 1.82) is 0 Å². The number of aldehydes is 1. The van der Waals surface area contributed by atoms with E-state index in [1.807, 2.05) is 0 Å². The lowest BCUT2D eigenvalue weighted by Gasteiger charge is -1.73. The summed E-state index contributed by atoms with van der Waals surface area (Å²) in [5, 5.41) is 0.386. The van der Waals surface area contributed by atoms with E-state index in [-0.39, 0.29) is 6.29 Å². The van der Waals surface area contributed by atoms with E-state index in [0.29, 0.717) is 5.33 Å². The Bertz CT molecular complexity index is 89.7. The van der Waals surface area contributed by atoms with Gasteiger partial charge in [-0.1, -0.05) is 15.9 Å². The van der Waals surface area contributed by atoms with Crippen molar-refractivity contribution >= 4 is 22.2 Å². The Balaban J connectivity index is 3.49. The molecule has 0 aromatic rings. The van der Waals surface area contributed by atoms with Gasteiger partial charge in [-0.25, -0.2) is 4.39 Å². The molecule has 7 heavy (non-hydrogen) atoms. The summed E-state index contributed by atoms with van der Waals surface area (Å²) in [5.41, 5.74) is 0. The second-order valence-electron chi connectivity index (χ2n) is 0.861. The molecule has 0 aliphatic carbocycles. The molecule has 0 aromatic heterocycles. The lowest BCUT2D eigenvalue weighted by atomic mass is 10.5. The predicted molar refractivity (Wildman–Crippen MR) is 29.0 cm³/mol. The summed E-state index contributed by atoms with van der Waals surface area (Å²) >= 11 is 2.92. The molecular formula is C4H4BrFO. The number of allylic oxidation sites excluding steroid dienone is 2. The first-order chi connectivity index (χ1) is 3.31. The fourth-order valence-corrected chi connectivity index (χ4v) is 0.431. The minimum atomic E-state index is -0.725. The average molecular weight is 167 g/mol. The molecule has 0 aromatic carbocycles. The third-order valence-corrected chi connectivity index (χ3v) is 0.708. The number of halogens is 2. The molecule has 0 rings (SSSR count). The number of rotatable bonds is 2. The largest absolute Gasteiger partial charge is 0.295 e. The van der Waals surface area contributed by atoms with Crippen molar-refractivity contribution in [2.24, 2.45) is 0 Å². The quantitative estimate of drug-likeness (QED) is 0.345. The van der Waals surface area contributed by atoms with Crippen molar-refractivity contribution in [3.63, 3.8) is 0 Å². The highest BCUT2D eigenvalue weighted by Gasteiger charge is 1.83. The molecule has 1 nitrogen and oxygen atoms in total. The van der Waals surface area contributed by atoms with Gasteiger partial charge in [-0.2, -0.15) is 0 Å². The Labute approximate surface area is 49.3 Å². The minimum absolute atomic E-state index is 0.168. The smallest absolute Gasteiger partial charge is 0.178 e. The molecule has 0 aliphatic rings. The van der Waals surface area contributed by atoms with Crippen LogP contribution in [0.5, 0.6) is 0 Å². The molecule has 0 bridgehead atoms. The maximum Gasteiger partial charge on any atom is 0.178 e. The molecule has 0 saturated carbocycles. The average Bonchev–Trinajstić information content (AvgIpc) is 1.68. The Morgan fingerprint density at radius 2 is 2.43 bits per heavy atom. The summed E-state index contributed by atoms with van der Waals surface area (Å²) in [4.78, 5) is 9.43. The lowest BCUT2D eigenvalue weighted by molar-refractivity contribution is -0.106. The van der Waals surface area contributed by atoms with E-state index in [1.165, 1.54) is 0 Å². The van der Waals surface area contributed by atoms with Crippen LogP contribution in [0.4, 0.5) is 4.39 Å². The molecule has 0 unspecified atom stereocenters. The fourth-order valence-electron chi connectivity index (χ4n) is 0.122. The third kappa shape index (κ3) is 3.66. The van der Waals surface area contributed by atoms with Crippen LogP contribution in [0.15, 0.2) is 11.9 Å². The van der Waals surface area contributed by atoms with E-state index in [0.717, 1.165) is 6.08 Å². The van der Waals surface area contributed by atoms with Gasteiger partial charge in [0.15, 0.2) is 12.1 Å². The van der Waals surface area contributed by atoms with Crippen LogP contribution in [-0.2, 0) is 4.79 Å². The normalized spacial score (nSPS) is 11.4. The van der Waals surface area contributed by atoms with Crippen molar-refractivity contribution in [2.75, 3.05) is 5.33 Å². The molecule has 0 spiro atoms. The van der Waals surface area contributed by atoms with Gasteiger partial charge >= 0.3 is 0 Å². The number of carbonyl (C=O) groups excluding carboxylic acids is 1. The summed E-state index contributed by atoms with van der Waals surface area (Å²) < 4.78 is 11.6. The number of hydrogen-bond donors (Lipinski definition) is 0. The topological polar surface area (TPSA) is 17.1 Å². The van der Waals surface area contributed by atoms with E-state index in [4.69, 9.17) is 0 Å². The summed E-state index contributed by atoms with van der Waals surface area (Å²) in [6, 6.07) is 0. The van der Waals surface area contributed by atoms with Gasteiger partial charge in [0.05, 0.1) is 0 Å². The Hall–Kier alpha value is -0.180. The van der Waals surface area contributed by atoms with Crippen LogP contribution in [0.3, 0.4) is 0 Å². The monoisotopic (exact) mass is 166 g/mol. The zero-order chi connectivity index (χ0) is 5.70. The maximum atomic E-state index is 11.6. The summed E-state index contributed by atoms with van der Waals surface area (Å²) in [6.45, 7) is 0. The van der Waals surface area contributed by atoms with E-state index >= 15 is 0 Å². The molecule has 0 N–H and O–H groups in total. The predicted octanol–water partition coefficient (Wildman–Crippen LogP) is 1.43. The van der Waals surface area contributed by atoms with Gasteiger partial charge < -0.3 is 0 Å². The molecule has 0 saturated heterocycles. The summed E-state index contributed by atoms with van der Waals surface area (Å²) in [5.74, 6) is -0.725. The second-order valence-corrected chi connectivity index (χ2v) is 1.51. The van der Waals surface area contributed by atoms with Crippen LogP contribution in [0.1, 0.15) is 0 Å². The fraction of sp³-hybridized carbons (Fsp3) is 0.250. The Kier molecular flexibility index (Phi) is 3.89. The van der Waals surface area contributed by atoms with E-state index in [9.17, 15) is 9.18 Å². The van der Waals surface area contributed by atoms with Gasteiger partial charge in [0.2, 0.25) is 0 Å². The Morgan fingerprint density at radius 3 is 2.57 bits per heavy atom. The molecule has 0 aliphatic heterocycles. The van der Waals surface area contributed by atoms with Crippen LogP contribution in [0, 0.1) is 0 Å². The van der Waals surface area contributed by atoms with Gasteiger partial charge in [0.1, 0.15) is 0 Å².